The molecule has 2 rings (SSSR count). The molecule has 0 aromatic rings. The maximum atomic E-state index is 12.4. The molecular formula is C12H19F3O. The fourth-order valence-electron chi connectivity index (χ4n) is 2.82. The fraction of sp³-hybridized carbons (Fsp3) is 1.00. The molecule has 2 saturated carbocycles. The molecule has 0 unspecified atom stereocenters. The average Bonchev–Trinajstić information content (AvgIpc) is 2.70. The van der Waals surface area contributed by atoms with Crippen LogP contribution in [0, 0.1) is 5.92 Å². The first-order valence-corrected chi connectivity index (χ1v) is 6.28. The standard InChI is InChI=1S/C12H19F3O/c13-12(14,15)9-5-7-11(8-6-9)16-10-3-1-2-4-10/h9-11H,1-8H2. The first kappa shape index (κ1) is 12.2. The van der Waals surface area contributed by atoms with Crippen LogP contribution in [0.4, 0.5) is 13.2 Å². The van der Waals surface area contributed by atoms with E-state index in [0.717, 1.165) is 12.8 Å². The first-order valence-electron chi connectivity index (χ1n) is 6.28. The maximum absolute atomic E-state index is 12.4. The van der Waals surface area contributed by atoms with Gasteiger partial charge in [-0.15, -0.1) is 0 Å². The number of hydrogen-bond donors (Lipinski definition) is 0. The monoisotopic (exact) mass is 236 g/mol. The van der Waals surface area contributed by atoms with Gasteiger partial charge in [-0.05, 0) is 38.5 Å². The Morgan fingerprint density at radius 2 is 1.25 bits per heavy atom. The molecule has 0 radical (unpaired) electrons. The summed E-state index contributed by atoms with van der Waals surface area (Å²) in [6.45, 7) is 0. The van der Waals surface area contributed by atoms with Crippen molar-refractivity contribution in [2.24, 2.45) is 5.92 Å². The summed E-state index contributed by atoms with van der Waals surface area (Å²) in [6, 6.07) is 0. The Morgan fingerprint density at radius 3 is 1.75 bits per heavy atom. The molecule has 2 fully saturated rings. The third kappa shape index (κ3) is 3.12. The van der Waals surface area contributed by atoms with Crippen LogP contribution in [0.25, 0.3) is 0 Å². The molecule has 2 aliphatic rings. The van der Waals surface area contributed by atoms with Crippen LogP contribution in [0.15, 0.2) is 0 Å². The van der Waals surface area contributed by atoms with Gasteiger partial charge in [0.2, 0.25) is 0 Å². The number of halogens is 3. The highest BCUT2D eigenvalue weighted by molar-refractivity contribution is 4.79. The Bertz CT molecular complexity index is 213. The van der Waals surface area contributed by atoms with Crippen molar-refractivity contribution in [1.29, 1.82) is 0 Å². The van der Waals surface area contributed by atoms with Gasteiger partial charge in [-0.3, -0.25) is 0 Å². The molecule has 1 nitrogen and oxygen atoms in total. The third-order valence-electron chi connectivity index (χ3n) is 3.82. The van der Waals surface area contributed by atoms with Gasteiger partial charge in [0.25, 0.3) is 0 Å². The van der Waals surface area contributed by atoms with Gasteiger partial charge in [-0.2, -0.15) is 13.2 Å². The molecule has 0 N–H and O–H groups in total. The lowest BCUT2D eigenvalue weighted by molar-refractivity contribution is -0.189. The molecule has 94 valence electrons. The van der Waals surface area contributed by atoms with Crippen LogP contribution >= 0.6 is 0 Å². The zero-order valence-corrected chi connectivity index (χ0v) is 9.43. The van der Waals surface area contributed by atoms with Crippen molar-refractivity contribution in [3.8, 4) is 0 Å². The van der Waals surface area contributed by atoms with E-state index in [-0.39, 0.29) is 18.9 Å². The van der Waals surface area contributed by atoms with E-state index in [0.29, 0.717) is 18.9 Å². The van der Waals surface area contributed by atoms with Crippen molar-refractivity contribution in [3.63, 3.8) is 0 Å². The number of ether oxygens (including phenoxy) is 1. The number of hydrogen-bond acceptors (Lipinski definition) is 1. The summed E-state index contributed by atoms with van der Waals surface area (Å²) in [7, 11) is 0. The van der Waals surface area contributed by atoms with Crippen molar-refractivity contribution in [2.45, 2.75) is 69.8 Å². The summed E-state index contributed by atoms with van der Waals surface area (Å²) in [6.07, 6.45) is 2.69. The number of alkyl halides is 3. The molecule has 0 amide bonds. The van der Waals surface area contributed by atoms with Gasteiger partial charge in [0.1, 0.15) is 0 Å². The highest BCUT2D eigenvalue weighted by Crippen LogP contribution is 2.39. The van der Waals surface area contributed by atoms with Crippen LogP contribution in [0.5, 0.6) is 0 Å². The minimum Gasteiger partial charge on any atom is -0.375 e. The van der Waals surface area contributed by atoms with E-state index in [1.165, 1.54) is 12.8 Å². The van der Waals surface area contributed by atoms with E-state index in [1.807, 2.05) is 0 Å². The Kier molecular flexibility index (Phi) is 3.77. The Labute approximate surface area is 94.4 Å². The second-order valence-corrected chi connectivity index (χ2v) is 5.06. The predicted octanol–water partition coefficient (Wildman–Crippen LogP) is 4.07. The van der Waals surface area contributed by atoms with Crippen molar-refractivity contribution in [2.75, 3.05) is 0 Å². The SMILES string of the molecule is FC(F)(F)C1CCC(OC2CCCC2)CC1. The van der Waals surface area contributed by atoms with Crippen LogP contribution in [-0.4, -0.2) is 18.4 Å². The highest BCUT2D eigenvalue weighted by Gasteiger charge is 2.41. The second-order valence-electron chi connectivity index (χ2n) is 5.06. The van der Waals surface area contributed by atoms with E-state index in [1.54, 1.807) is 0 Å². The lowest BCUT2D eigenvalue weighted by Gasteiger charge is -2.31. The van der Waals surface area contributed by atoms with Gasteiger partial charge in [-0.25, -0.2) is 0 Å². The predicted molar refractivity (Wildman–Crippen MR) is 55.1 cm³/mol. The largest absolute Gasteiger partial charge is 0.391 e. The van der Waals surface area contributed by atoms with Crippen molar-refractivity contribution in [3.05, 3.63) is 0 Å². The molecule has 0 aliphatic heterocycles. The van der Waals surface area contributed by atoms with Crippen LogP contribution in [-0.2, 0) is 4.74 Å². The van der Waals surface area contributed by atoms with Gasteiger partial charge in [0, 0.05) is 0 Å². The molecule has 2 aliphatic carbocycles. The van der Waals surface area contributed by atoms with Crippen molar-refractivity contribution < 1.29 is 17.9 Å². The van der Waals surface area contributed by atoms with E-state index in [2.05, 4.69) is 0 Å². The Balaban J connectivity index is 1.72. The topological polar surface area (TPSA) is 9.23 Å². The zero-order chi connectivity index (χ0) is 11.6. The van der Waals surface area contributed by atoms with Gasteiger partial charge in [-0.1, -0.05) is 12.8 Å². The molecular weight excluding hydrogens is 217 g/mol. The maximum Gasteiger partial charge on any atom is 0.391 e. The van der Waals surface area contributed by atoms with Gasteiger partial charge in [0.05, 0.1) is 18.1 Å². The molecule has 16 heavy (non-hydrogen) atoms. The Hall–Kier alpha value is -0.250. The molecule has 0 saturated heterocycles. The zero-order valence-electron chi connectivity index (χ0n) is 9.43. The molecule has 0 bridgehead atoms. The summed E-state index contributed by atoms with van der Waals surface area (Å²) in [5.74, 6) is -1.09. The quantitative estimate of drug-likeness (QED) is 0.702. The third-order valence-corrected chi connectivity index (χ3v) is 3.82. The summed E-state index contributed by atoms with van der Waals surface area (Å²) in [4.78, 5) is 0. The number of rotatable bonds is 2. The van der Waals surface area contributed by atoms with Crippen molar-refractivity contribution in [1.82, 2.24) is 0 Å². The van der Waals surface area contributed by atoms with Gasteiger partial charge in [0.15, 0.2) is 0 Å². The lowest BCUT2D eigenvalue weighted by atomic mass is 9.87. The summed E-state index contributed by atoms with van der Waals surface area (Å²) in [5, 5.41) is 0. The molecule has 0 atom stereocenters. The summed E-state index contributed by atoms with van der Waals surface area (Å²) >= 11 is 0. The average molecular weight is 236 g/mol. The van der Waals surface area contributed by atoms with E-state index < -0.39 is 12.1 Å². The first-order chi connectivity index (χ1) is 7.55. The van der Waals surface area contributed by atoms with Crippen LogP contribution in [0.2, 0.25) is 0 Å². The molecule has 0 heterocycles. The van der Waals surface area contributed by atoms with Crippen LogP contribution in [0.1, 0.15) is 51.4 Å². The van der Waals surface area contributed by atoms with Gasteiger partial charge >= 0.3 is 6.18 Å². The Morgan fingerprint density at radius 1 is 0.750 bits per heavy atom. The van der Waals surface area contributed by atoms with Crippen molar-refractivity contribution >= 4 is 0 Å². The van der Waals surface area contributed by atoms with Crippen LogP contribution in [0.3, 0.4) is 0 Å². The summed E-state index contributed by atoms with van der Waals surface area (Å²) in [5.41, 5.74) is 0. The smallest absolute Gasteiger partial charge is 0.375 e. The summed E-state index contributed by atoms with van der Waals surface area (Å²) < 4.78 is 43.1. The second kappa shape index (κ2) is 4.94. The molecule has 0 aromatic carbocycles. The lowest BCUT2D eigenvalue weighted by Crippen LogP contribution is -2.32. The van der Waals surface area contributed by atoms with E-state index >= 15 is 0 Å². The minimum absolute atomic E-state index is 0.0849. The van der Waals surface area contributed by atoms with Crippen LogP contribution < -0.4 is 0 Å². The minimum atomic E-state index is -4.00. The fourth-order valence-corrected chi connectivity index (χ4v) is 2.82. The molecule has 4 heteroatoms. The van der Waals surface area contributed by atoms with E-state index in [4.69, 9.17) is 4.74 Å². The van der Waals surface area contributed by atoms with Gasteiger partial charge < -0.3 is 4.74 Å². The van der Waals surface area contributed by atoms with E-state index in [9.17, 15) is 13.2 Å². The molecule has 0 spiro atoms. The molecule has 0 aromatic heterocycles. The highest BCUT2D eigenvalue weighted by atomic mass is 19.4. The normalized spacial score (nSPS) is 33.2.